The molecule has 1 aromatic heterocycles. The summed E-state index contributed by atoms with van der Waals surface area (Å²) in [6, 6.07) is 0. The average Bonchev–Trinajstić information content (AvgIpc) is 2.13. The molecule has 14 heavy (non-hydrogen) atoms. The molecule has 0 aliphatic carbocycles. The summed E-state index contributed by atoms with van der Waals surface area (Å²) in [5.74, 6) is 3.44. The lowest BCUT2D eigenvalue weighted by Crippen LogP contribution is -2.07. The van der Waals surface area contributed by atoms with Crippen molar-refractivity contribution in [2.75, 3.05) is 12.1 Å². The van der Waals surface area contributed by atoms with Gasteiger partial charge in [-0.05, 0) is 13.8 Å². The number of hydrogen-bond acceptors (Lipinski definition) is 4. The minimum atomic E-state index is 0.167. The molecule has 0 aliphatic heterocycles. The van der Waals surface area contributed by atoms with E-state index in [9.17, 15) is 0 Å². The van der Waals surface area contributed by atoms with Crippen LogP contribution >= 0.6 is 11.6 Å². The van der Waals surface area contributed by atoms with Crippen molar-refractivity contribution in [1.82, 2.24) is 9.97 Å². The van der Waals surface area contributed by atoms with Gasteiger partial charge >= 0.3 is 0 Å². The molecule has 0 aliphatic rings. The molecule has 0 radical (unpaired) electrons. The van der Waals surface area contributed by atoms with E-state index in [1.165, 1.54) is 0 Å². The molecule has 1 N–H and O–H groups in total. The van der Waals surface area contributed by atoms with Crippen LogP contribution in [-0.2, 0) is 4.84 Å². The second-order valence-corrected chi connectivity index (χ2v) is 2.99. The van der Waals surface area contributed by atoms with Gasteiger partial charge in [0.1, 0.15) is 17.6 Å². The Labute approximate surface area is 87.6 Å². The summed E-state index contributed by atoms with van der Waals surface area (Å²) in [7, 11) is 0. The smallest absolute Gasteiger partial charge is 0.157 e. The van der Waals surface area contributed by atoms with Gasteiger partial charge in [-0.3, -0.25) is 4.84 Å². The van der Waals surface area contributed by atoms with Gasteiger partial charge in [-0.2, -0.15) is 0 Å². The average molecular weight is 212 g/mol. The van der Waals surface area contributed by atoms with Crippen molar-refractivity contribution in [3.8, 4) is 12.3 Å². The van der Waals surface area contributed by atoms with Gasteiger partial charge in [-0.25, -0.2) is 15.4 Å². The Balaban J connectivity index is 2.81. The van der Waals surface area contributed by atoms with Crippen molar-refractivity contribution in [3.05, 3.63) is 16.5 Å². The molecule has 0 fully saturated rings. The van der Waals surface area contributed by atoms with Gasteiger partial charge < -0.3 is 0 Å². The van der Waals surface area contributed by atoms with E-state index in [1.807, 2.05) is 0 Å². The summed E-state index contributed by atoms with van der Waals surface area (Å²) in [5.41, 5.74) is 3.35. The molecular formula is C9H10ClN3O. The predicted octanol–water partition coefficient (Wildman–Crippen LogP) is 1.72. The van der Waals surface area contributed by atoms with Crippen LogP contribution in [-0.4, -0.2) is 16.6 Å². The SMILES string of the molecule is C#CCONc1nc(C)nc(Cl)c1C. The Bertz CT molecular complexity index is 373. The molecule has 4 nitrogen and oxygen atoms in total. The second-order valence-electron chi connectivity index (χ2n) is 2.63. The van der Waals surface area contributed by atoms with Gasteiger partial charge in [0.05, 0.1) is 0 Å². The lowest BCUT2D eigenvalue weighted by atomic mass is 10.3. The van der Waals surface area contributed by atoms with E-state index < -0.39 is 0 Å². The van der Waals surface area contributed by atoms with Crippen LogP contribution in [0.2, 0.25) is 5.15 Å². The first-order chi connectivity index (χ1) is 6.65. The fourth-order valence-corrected chi connectivity index (χ4v) is 1.05. The third kappa shape index (κ3) is 2.59. The fraction of sp³-hybridized carbons (Fsp3) is 0.333. The number of nitrogens with one attached hydrogen (secondary N) is 1. The summed E-state index contributed by atoms with van der Waals surface area (Å²) in [6.45, 7) is 3.71. The Morgan fingerprint density at radius 1 is 1.50 bits per heavy atom. The van der Waals surface area contributed by atoms with Gasteiger partial charge in [0.25, 0.3) is 0 Å². The van der Waals surface area contributed by atoms with E-state index in [-0.39, 0.29) is 6.61 Å². The molecule has 0 saturated heterocycles. The fourth-order valence-electron chi connectivity index (χ4n) is 0.840. The summed E-state index contributed by atoms with van der Waals surface area (Å²) < 4.78 is 0. The lowest BCUT2D eigenvalue weighted by molar-refractivity contribution is 0.232. The zero-order valence-corrected chi connectivity index (χ0v) is 8.72. The molecule has 1 heterocycles. The van der Waals surface area contributed by atoms with Gasteiger partial charge in [0, 0.05) is 5.56 Å². The van der Waals surface area contributed by atoms with Crippen LogP contribution < -0.4 is 5.48 Å². The third-order valence-corrected chi connectivity index (χ3v) is 1.89. The molecule has 1 aromatic rings. The highest BCUT2D eigenvalue weighted by Crippen LogP contribution is 2.19. The Morgan fingerprint density at radius 3 is 2.86 bits per heavy atom. The van der Waals surface area contributed by atoms with Gasteiger partial charge in [0.2, 0.25) is 0 Å². The van der Waals surface area contributed by atoms with Crippen molar-refractivity contribution in [2.24, 2.45) is 0 Å². The standard InChI is InChI=1S/C9H10ClN3O/c1-4-5-14-13-9-6(2)8(10)11-7(3)12-9/h1H,5H2,2-3H3,(H,11,12,13). The van der Waals surface area contributed by atoms with Crippen molar-refractivity contribution >= 4 is 17.4 Å². The number of hydrogen-bond donors (Lipinski definition) is 1. The summed E-state index contributed by atoms with van der Waals surface area (Å²) in [6.07, 6.45) is 5.02. The Hall–Kier alpha value is -1.31. The maximum atomic E-state index is 5.84. The van der Waals surface area contributed by atoms with Crippen molar-refractivity contribution in [2.45, 2.75) is 13.8 Å². The van der Waals surface area contributed by atoms with Crippen molar-refractivity contribution < 1.29 is 4.84 Å². The largest absolute Gasteiger partial charge is 0.262 e. The Morgan fingerprint density at radius 2 is 2.21 bits per heavy atom. The minimum Gasteiger partial charge on any atom is -0.262 e. The van der Waals surface area contributed by atoms with Crippen molar-refractivity contribution in [1.29, 1.82) is 0 Å². The van der Waals surface area contributed by atoms with Crippen LogP contribution in [0.4, 0.5) is 5.82 Å². The number of rotatable bonds is 3. The van der Waals surface area contributed by atoms with E-state index in [1.54, 1.807) is 13.8 Å². The van der Waals surface area contributed by atoms with Gasteiger partial charge in [0.15, 0.2) is 5.82 Å². The molecule has 0 spiro atoms. The first-order valence-electron chi connectivity index (χ1n) is 3.97. The highest BCUT2D eigenvalue weighted by Gasteiger charge is 2.06. The number of halogens is 1. The van der Waals surface area contributed by atoms with E-state index in [4.69, 9.17) is 22.9 Å². The van der Waals surface area contributed by atoms with Crippen LogP contribution in [0.25, 0.3) is 0 Å². The molecule has 0 unspecified atom stereocenters. The minimum absolute atomic E-state index is 0.167. The molecule has 1 rings (SSSR count). The first-order valence-corrected chi connectivity index (χ1v) is 4.35. The van der Waals surface area contributed by atoms with Crippen molar-refractivity contribution in [3.63, 3.8) is 0 Å². The second kappa shape index (κ2) is 4.80. The van der Waals surface area contributed by atoms with Crippen LogP contribution in [0, 0.1) is 26.2 Å². The Kier molecular flexibility index (Phi) is 3.69. The molecule has 74 valence electrons. The van der Waals surface area contributed by atoms with E-state index in [0.29, 0.717) is 16.8 Å². The van der Waals surface area contributed by atoms with Crippen LogP contribution in [0.5, 0.6) is 0 Å². The van der Waals surface area contributed by atoms with E-state index in [2.05, 4.69) is 21.4 Å². The number of terminal acetylenes is 1. The highest BCUT2D eigenvalue weighted by molar-refractivity contribution is 6.30. The molecule has 0 bridgehead atoms. The number of aromatic nitrogens is 2. The van der Waals surface area contributed by atoms with Gasteiger partial charge in [-0.15, -0.1) is 6.42 Å². The number of aryl methyl sites for hydroxylation is 1. The number of anilines is 1. The van der Waals surface area contributed by atoms with Crippen LogP contribution in [0.1, 0.15) is 11.4 Å². The molecule has 0 atom stereocenters. The topological polar surface area (TPSA) is 47.0 Å². The molecule has 5 heteroatoms. The maximum Gasteiger partial charge on any atom is 0.157 e. The molecular weight excluding hydrogens is 202 g/mol. The third-order valence-electron chi connectivity index (χ3n) is 1.52. The predicted molar refractivity (Wildman–Crippen MR) is 54.9 cm³/mol. The summed E-state index contributed by atoms with van der Waals surface area (Å²) in [4.78, 5) is 13.0. The number of nitrogens with zero attached hydrogens (tertiary/aromatic N) is 2. The van der Waals surface area contributed by atoms with E-state index in [0.717, 1.165) is 5.56 Å². The summed E-state index contributed by atoms with van der Waals surface area (Å²) >= 11 is 5.84. The van der Waals surface area contributed by atoms with E-state index >= 15 is 0 Å². The highest BCUT2D eigenvalue weighted by atomic mass is 35.5. The first kappa shape index (κ1) is 10.8. The van der Waals surface area contributed by atoms with Crippen LogP contribution in [0.15, 0.2) is 0 Å². The zero-order valence-electron chi connectivity index (χ0n) is 7.97. The van der Waals surface area contributed by atoms with Gasteiger partial charge in [-0.1, -0.05) is 17.5 Å². The molecule has 0 saturated carbocycles. The lowest BCUT2D eigenvalue weighted by Gasteiger charge is -2.08. The quantitative estimate of drug-likeness (QED) is 0.358. The monoisotopic (exact) mass is 211 g/mol. The molecule has 0 amide bonds. The zero-order chi connectivity index (χ0) is 10.6. The maximum absolute atomic E-state index is 5.84. The summed E-state index contributed by atoms with van der Waals surface area (Å²) in [5, 5.41) is 0.407. The molecule has 0 aromatic carbocycles. The van der Waals surface area contributed by atoms with Crippen LogP contribution in [0.3, 0.4) is 0 Å². The normalized spacial score (nSPS) is 9.57.